The standard InChI is InChI=1S/C36H66O10/c1-20-19-40-34(8,9)45-31(20)24(5)32-23(4)29(44-36(12,13)46-32)18-27(37)21(2)30(38)22(3)28-17-26(42-35(10,11)43-28)16-25-14-15-39-33(6,7)41-25/h20-32,37-38H,14-19H2,1-13H3/t20-,21+,22+,23+,24+,25-,26-,27+,28-,29-,30+,31+,32-/m1/s1. The zero-order valence-electron chi connectivity index (χ0n) is 30.9. The van der Waals surface area contributed by atoms with Gasteiger partial charge in [-0.3, -0.25) is 0 Å². The van der Waals surface area contributed by atoms with Gasteiger partial charge in [0.1, 0.15) is 0 Å². The molecule has 4 aliphatic heterocycles. The molecule has 4 saturated heterocycles. The molecule has 10 nitrogen and oxygen atoms in total. The lowest BCUT2D eigenvalue weighted by atomic mass is 9.77. The van der Waals surface area contributed by atoms with Gasteiger partial charge in [-0.05, 0) is 61.8 Å². The van der Waals surface area contributed by atoms with Gasteiger partial charge < -0.3 is 48.1 Å². The highest BCUT2D eigenvalue weighted by Gasteiger charge is 2.49. The van der Waals surface area contributed by atoms with Crippen LogP contribution < -0.4 is 0 Å². The Hall–Kier alpha value is -0.400. The minimum Gasteiger partial charge on any atom is -0.393 e. The number of aliphatic hydroxyl groups is 2. The van der Waals surface area contributed by atoms with Crippen LogP contribution in [0.3, 0.4) is 0 Å². The Labute approximate surface area is 278 Å². The SMILES string of the molecule is C[C@H]([C@@H]1OC(C)(C)O[C@H](C[C@H](O)[C@H](C)[C@H](O)[C@@H](C)[C@H]2C[C@@H](C[C@H]3CCOC(C)(C)O3)OC(C)(C)O2)[C@@H]1C)[C@H]1OC(C)(C)OC[C@H]1C. The second-order valence-electron chi connectivity index (χ2n) is 16.7. The van der Waals surface area contributed by atoms with Crippen LogP contribution in [0.2, 0.25) is 0 Å². The Balaban J connectivity index is 1.39. The largest absolute Gasteiger partial charge is 0.393 e. The van der Waals surface area contributed by atoms with Crippen LogP contribution >= 0.6 is 0 Å². The van der Waals surface area contributed by atoms with Gasteiger partial charge >= 0.3 is 0 Å². The van der Waals surface area contributed by atoms with E-state index in [2.05, 4.69) is 20.8 Å². The van der Waals surface area contributed by atoms with E-state index in [1.54, 1.807) is 0 Å². The molecule has 2 N–H and O–H groups in total. The van der Waals surface area contributed by atoms with Crippen molar-refractivity contribution in [3.8, 4) is 0 Å². The molecule has 0 amide bonds. The summed E-state index contributed by atoms with van der Waals surface area (Å²) in [7, 11) is 0. The maximum Gasteiger partial charge on any atom is 0.163 e. The van der Waals surface area contributed by atoms with Crippen molar-refractivity contribution in [2.24, 2.45) is 29.6 Å². The lowest BCUT2D eigenvalue weighted by Crippen LogP contribution is -2.57. The van der Waals surface area contributed by atoms with Crippen LogP contribution in [0.4, 0.5) is 0 Å². The zero-order chi connectivity index (χ0) is 34.4. The Kier molecular flexibility index (Phi) is 12.1. The van der Waals surface area contributed by atoms with Gasteiger partial charge in [0, 0.05) is 48.9 Å². The van der Waals surface area contributed by atoms with Crippen LogP contribution in [-0.4, -0.2) is 95.4 Å². The predicted molar refractivity (Wildman–Crippen MR) is 174 cm³/mol. The zero-order valence-corrected chi connectivity index (χ0v) is 30.9. The molecule has 0 bridgehead atoms. The first-order valence-electron chi connectivity index (χ1n) is 17.8. The molecular weight excluding hydrogens is 592 g/mol. The van der Waals surface area contributed by atoms with Crippen molar-refractivity contribution in [2.75, 3.05) is 13.2 Å². The third-order valence-electron chi connectivity index (χ3n) is 10.7. The van der Waals surface area contributed by atoms with Gasteiger partial charge in [0.15, 0.2) is 23.1 Å². The average molecular weight is 659 g/mol. The smallest absolute Gasteiger partial charge is 0.163 e. The highest BCUT2D eigenvalue weighted by molar-refractivity contribution is 4.94. The summed E-state index contributed by atoms with van der Waals surface area (Å²) in [6.45, 7) is 27.2. The number of rotatable bonds is 10. The highest BCUT2D eigenvalue weighted by atomic mass is 16.7. The summed E-state index contributed by atoms with van der Waals surface area (Å²) >= 11 is 0. The molecule has 0 aromatic rings. The van der Waals surface area contributed by atoms with E-state index in [0.29, 0.717) is 26.1 Å². The first-order valence-corrected chi connectivity index (χ1v) is 17.8. The van der Waals surface area contributed by atoms with Gasteiger partial charge in [-0.15, -0.1) is 0 Å². The fourth-order valence-corrected chi connectivity index (χ4v) is 8.10. The molecule has 0 aliphatic carbocycles. The number of hydrogen-bond donors (Lipinski definition) is 2. The normalized spacial score (nSPS) is 40.8. The van der Waals surface area contributed by atoms with Crippen LogP contribution in [-0.2, 0) is 37.9 Å². The van der Waals surface area contributed by atoms with Crippen LogP contribution in [0.1, 0.15) is 116 Å². The maximum atomic E-state index is 11.6. The van der Waals surface area contributed by atoms with Crippen LogP contribution in [0, 0.1) is 29.6 Å². The third kappa shape index (κ3) is 9.64. The van der Waals surface area contributed by atoms with Gasteiger partial charge in [-0.25, -0.2) is 0 Å². The molecule has 0 unspecified atom stereocenters. The minimum atomic E-state index is -0.825. The molecule has 270 valence electrons. The van der Waals surface area contributed by atoms with Crippen LogP contribution in [0.5, 0.6) is 0 Å². The number of hydrogen-bond acceptors (Lipinski definition) is 10. The van der Waals surface area contributed by atoms with Gasteiger partial charge in [0.05, 0.1) is 62.0 Å². The number of aliphatic hydroxyl groups excluding tert-OH is 2. The summed E-state index contributed by atoms with van der Waals surface area (Å²) < 4.78 is 49.8. The van der Waals surface area contributed by atoms with E-state index >= 15 is 0 Å². The van der Waals surface area contributed by atoms with Crippen molar-refractivity contribution in [1.82, 2.24) is 0 Å². The van der Waals surface area contributed by atoms with Gasteiger partial charge in [-0.1, -0.05) is 34.6 Å². The molecule has 46 heavy (non-hydrogen) atoms. The lowest BCUT2D eigenvalue weighted by molar-refractivity contribution is -0.351. The van der Waals surface area contributed by atoms with Gasteiger partial charge in [-0.2, -0.15) is 0 Å². The van der Waals surface area contributed by atoms with Crippen molar-refractivity contribution in [3.05, 3.63) is 0 Å². The predicted octanol–water partition coefficient (Wildman–Crippen LogP) is 5.79. The van der Waals surface area contributed by atoms with Crippen molar-refractivity contribution >= 4 is 0 Å². The highest BCUT2D eigenvalue weighted by Crippen LogP contribution is 2.42. The second-order valence-corrected chi connectivity index (χ2v) is 16.7. The van der Waals surface area contributed by atoms with Crippen molar-refractivity contribution in [1.29, 1.82) is 0 Å². The van der Waals surface area contributed by atoms with Gasteiger partial charge in [0.25, 0.3) is 0 Å². The first-order chi connectivity index (χ1) is 21.1. The van der Waals surface area contributed by atoms with E-state index in [0.717, 1.165) is 12.8 Å². The fraction of sp³-hybridized carbons (Fsp3) is 1.00. The molecule has 0 radical (unpaired) electrons. The molecule has 0 aromatic carbocycles. The topological polar surface area (TPSA) is 114 Å². The van der Waals surface area contributed by atoms with Crippen molar-refractivity contribution in [2.45, 2.75) is 188 Å². The van der Waals surface area contributed by atoms with Crippen LogP contribution in [0.15, 0.2) is 0 Å². The molecule has 0 spiro atoms. The summed E-state index contributed by atoms with van der Waals surface area (Å²) in [5.74, 6) is -3.20. The Morgan fingerprint density at radius 2 is 1.28 bits per heavy atom. The Morgan fingerprint density at radius 3 is 1.93 bits per heavy atom. The minimum absolute atomic E-state index is 0.000957. The molecule has 4 aliphatic rings. The Morgan fingerprint density at radius 1 is 0.696 bits per heavy atom. The van der Waals surface area contributed by atoms with Crippen molar-refractivity contribution in [3.63, 3.8) is 0 Å². The van der Waals surface area contributed by atoms with E-state index in [9.17, 15) is 10.2 Å². The Bertz CT molecular complexity index is 984. The van der Waals surface area contributed by atoms with Crippen LogP contribution in [0.25, 0.3) is 0 Å². The van der Waals surface area contributed by atoms with Crippen molar-refractivity contribution < 1.29 is 48.1 Å². The van der Waals surface area contributed by atoms with E-state index in [1.807, 2.05) is 69.2 Å². The monoisotopic (exact) mass is 658 g/mol. The summed E-state index contributed by atoms with van der Waals surface area (Å²) in [6, 6.07) is 0. The van der Waals surface area contributed by atoms with E-state index in [1.165, 1.54) is 0 Å². The quantitative estimate of drug-likeness (QED) is 0.299. The maximum absolute atomic E-state index is 11.6. The molecule has 0 aromatic heterocycles. The summed E-state index contributed by atoms with van der Waals surface area (Å²) in [4.78, 5) is 0. The molecule has 10 heteroatoms. The van der Waals surface area contributed by atoms with E-state index < -0.39 is 41.3 Å². The summed E-state index contributed by atoms with van der Waals surface area (Å²) in [5.41, 5.74) is 0. The fourth-order valence-electron chi connectivity index (χ4n) is 8.10. The van der Waals surface area contributed by atoms with E-state index in [-0.39, 0.29) is 60.3 Å². The number of ether oxygens (including phenoxy) is 8. The summed E-state index contributed by atoms with van der Waals surface area (Å²) in [6.07, 6.45) is 0.307. The molecule has 4 fully saturated rings. The third-order valence-corrected chi connectivity index (χ3v) is 10.7. The first kappa shape index (κ1) is 38.4. The molecule has 4 heterocycles. The van der Waals surface area contributed by atoms with E-state index in [4.69, 9.17) is 37.9 Å². The summed E-state index contributed by atoms with van der Waals surface area (Å²) in [5, 5.41) is 23.2. The van der Waals surface area contributed by atoms with Gasteiger partial charge in [0.2, 0.25) is 0 Å². The molecule has 13 atom stereocenters. The lowest BCUT2D eigenvalue weighted by Gasteiger charge is -2.51. The average Bonchev–Trinajstić information content (AvgIpc) is 2.92. The molecular formula is C36H66O10. The second kappa shape index (κ2) is 14.4. The molecule has 0 saturated carbocycles. The molecule has 4 rings (SSSR count).